The molecule has 0 saturated carbocycles. The predicted octanol–water partition coefficient (Wildman–Crippen LogP) is -0.333. The summed E-state index contributed by atoms with van der Waals surface area (Å²) < 4.78 is 0. The lowest BCUT2D eigenvalue weighted by atomic mass is 10.2. The van der Waals surface area contributed by atoms with Gasteiger partial charge in [-0.25, -0.2) is 0 Å². The van der Waals surface area contributed by atoms with E-state index < -0.39 is 11.9 Å². The molecule has 0 aliphatic heterocycles. The Bertz CT molecular complexity index is 321. The van der Waals surface area contributed by atoms with Gasteiger partial charge in [0.1, 0.15) is 5.78 Å². The third kappa shape index (κ3) is 9.49. The standard InChI is InChI=1S/C12H23N3O3S/c1-4-9(16)6-19-7-10(15-8(2)3)12(18)14-5-11(13)17/h8,10,15H,4-7H2,1-3H3,(H2,13,17)(H,14,18). The maximum absolute atomic E-state index is 11.8. The summed E-state index contributed by atoms with van der Waals surface area (Å²) in [6.07, 6.45) is 0.503. The highest BCUT2D eigenvalue weighted by atomic mass is 32.2. The predicted molar refractivity (Wildman–Crippen MR) is 76.9 cm³/mol. The van der Waals surface area contributed by atoms with E-state index in [1.807, 2.05) is 20.8 Å². The number of Topliss-reactive ketones (excluding diaryl/α,β-unsaturated/α-hetero) is 1. The lowest BCUT2D eigenvalue weighted by Crippen LogP contribution is -2.50. The van der Waals surface area contributed by atoms with Gasteiger partial charge in [-0.1, -0.05) is 20.8 Å². The Morgan fingerprint density at radius 2 is 1.89 bits per heavy atom. The second-order valence-corrected chi connectivity index (χ2v) is 5.50. The summed E-state index contributed by atoms with van der Waals surface area (Å²) in [4.78, 5) is 33.7. The van der Waals surface area contributed by atoms with Crippen molar-refractivity contribution in [2.75, 3.05) is 18.1 Å². The zero-order chi connectivity index (χ0) is 14.8. The number of carbonyl (C=O) groups excluding carboxylic acids is 3. The first-order valence-electron chi connectivity index (χ1n) is 6.28. The first kappa shape index (κ1) is 17.9. The number of rotatable bonds is 10. The maximum atomic E-state index is 11.8. The number of carbonyl (C=O) groups is 3. The van der Waals surface area contributed by atoms with Crippen molar-refractivity contribution in [2.24, 2.45) is 5.73 Å². The number of hydrogen-bond acceptors (Lipinski definition) is 5. The highest BCUT2D eigenvalue weighted by Gasteiger charge is 2.19. The van der Waals surface area contributed by atoms with E-state index in [0.29, 0.717) is 17.9 Å². The number of amides is 2. The number of ketones is 1. The van der Waals surface area contributed by atoms with Gasteiger partial charge < -0.3 is 16.4 Å². The molecule has 0 aromatic carbocycles. The topological polar surface area (TPSA) is 101 Å². The average Bonchev–Trinajstić information content (AvgIpc) is 2.33. The molecule has 4 N–H and O–H groups in total. The van der Waals surface area contributed by atoms with E-state index in [-0.39, 0.29) is 24.3 Å². The fraction of sp³-hybridized carbons (Fsp3) is 0.750. The molecule has 19 heavy (non-hydrogen) atoms. The van der Waals surface area contributed by atoms with E-state index in [9.17, 15) is 14.4 Å². The normalized spacial score (nSPS) is 12.2. The van der Waals surface area contributed by atoms with Crippen LogP contribution >= 0.6 is 11.8 Å². The summed E-state index contributed by atoms with van der Waals surface area (Å²) in [7, 11) is 0. The molecule has 0 rings (SSSR count). The minimum Gasteiger partial charge on any atom is -0.368 e. The van der Waals surface area contributed by atoms with E-state index in [1.165, 1.54) is 11.8 Å². The molecule has 0 aromatic rings. The lowest BCUT2D eigenvalue weighted by molar-refractivity contribution is -0.126. The smallest absolute Gasteiger partial charge is 0.238 e. The molecule has 0 aromatic heterocycles. The summed E-state index contributed by atoms with van der Waals surface area (Å²) in [5.74, 6) is 0.185. The van der Waals surface area contributed by atoms with Crippen LogP contribution in [0.5, 0.6) is 0 Å². The average molecular weight is 289 g/mol. The minimum atomic E-state index is -0.578. The van der Waals surface area contributed by atoms with Crippen LogP contribution in [0.15, 0.2) is 0 Å². The molecule has 0 heterocycles. The largest absolute Gasteiger partial charge is 0.368 e. The van der Waals surface area contributed by atoms with Crippen LogP contribution in [0.1, 0.15) is 27.2 Å². The van der Waals surface area contributed by atoms with Gasteiger partial charge >= 0.3 is 0 Å². The molecule has 1 unspecified atom stereocenters. The number of thioether (sulfide) groups is 1. The van der Waals surface area contributed by atoms with Crippen LogP contribution in [-0.2, 0) is 14.4 Å². The number of hydrogen-bond donors (Lipinski definition) is 3. The monoisotopic (exact) mass is 289 g/mol. The van der Waals surface area contributed by atoms with Gasteiger partial charge in [0.05, 0.1) is 18.3 Å². The highest BCUT2D eigenvalue weighted by molar-refractivity contribution is 8.00. The first-order valence-corrected chi connectivity index (χ1v) is 7.43. The van der Waals surface area contributed by atoms with Gasteiger partial charge in [0.25, 0.3) is 0 Å². The summed E-state index contributed by atoms with van der Waals surface area (Å²) in [6.45, 7) is 5.49. The molecule has 6 nitrogen and oxygen atoms in total. The Labute approximate surface area is 118 Å². The molecular weight excluding hydrogens is 266 g/mol. The second kappa shape index (κ2) is 9.80. The SMILES string of the molecule is CCC(=O)CSCC(NC(C)C)C(=O)NCC(N)=O. The maximum Gasteiger partial charge on any atom is 0.238 e. The van der Waals surface area contributed by atoms with E-state index >= 15 is 0 Å². The molecule has 0 saturated heterocycles. The van der Waals surface area contributed by atoms with Crippen LogP contribution < -0.4 is 16.4 Å². The quantitative estimate of drug-likeness (QED) is 0.511. The Morgan fingerprint density at radius 1 is 1.26 bits per heavy atom. The van der Waals surface area contributed by atoms with Crippen LogP contribution in [0.2, 0.25) is 0 Å². The Balaban J connectivity index is 4.24. The van der Waals surface area contributed by atoms with Gasteiger partial charge in [0.15, 0.2) is 0 Å². The molecule has 0 radical (unpaired) electrons. The Kier molecular flexibility index (Phi) is 9.24. The van der Waals surface area contributed by atoms with Gasteiger partial charge in [-0.2, -0.15) is 11.8 Å². The molecule has 0 fully saturated rings. The van der Waals surface area contributed by atoms with Crippen LogP contribution in [0.4, 0.5) is 0 Å². The molecule has 0 spiro atoms. The molecule has 0 bridgehead atoms. The van der Waals surface area contributed by atoms with Gasteiger partial charge in [-0.05, 0) is 0 Å². The summed E-state index contributed by atoms with van der Waals surface area (Å²) in [5, 5.41) is 5.56. The van der Waals surface area contributed by atoms with Crippen molar-refractivity contribution in [3.8, 4) is 0 Å². The van der Waals surface area contributed by atoms with Gasteiger partial charge in [-0.15, -0.1) is 0 Å². The fourth-order valence-corrected chi connectivity index (χ4v) is 2.32. The van der Waals surface area contributed by atoms with Gasteiger partial charge in [0.2, 0.25) is 11.8 Å². The zero-order valence-corrected chi connectivity index (χ0v) is 12.5. The molecule has 110 valence electrons. The lowest BCUT2D eigenvalue weighted by Gasteiger charge is -2.20. The molecule has 1 atom stereocenters. The van der Waals surface area contributed by atoms with E-state index in [4.69, 9.17) is 5.73 Å². The van der Waals surface area contributed by atoms with Crippen LogP contribution in [-0.4, -0.2) is 47.7 Å². The third-order valence-corrected chi connectivity index (χ3v) is 3.32. The van der Waals surface area contributed by atoms with Crippen LogP contribution in [0, 0.1) is 0 Å². The van der Waals surface area contributed by atoms with E-state index in [1.54, 1.807) is 0 Å². The third-order valence-electron chi connectivity index (χ3n) is 2.23. The number of primary amides is 1. The van der Waals surface area contributed by atoms with Crippen molar-refractivity contribution in [1.29, 1.82) is 0 Å². The first-order chi connectivity index (χ1) is 8.86. The minimum absolute atomic E-state index is 0.131. The molecule has 7 heteroatoms. The van der Waals surface area contributed by atoms with Gasteiger partial charge in [0, 0.05) is 18.2 Å². The van der Waals surface area contributed by atoms with Crippen molar-refractivity contribution in [3.05, 3.63) is 0 Å². The Morgan fingerprint density at radius 3 is 2.37 bits per heavy atom. The molecule has 0 aliphatic carbocycles. The van der Waals surface area contributed by atoms with Crippen LogP contribution in [0.3, 0.4) is 0 Å². The van der Waals surface area contributed by atoms with Crippen molar-refractivity contribution in [2.45, 2.75) is 39.3 Å². The molecular formula is C12H23N3O3S. The Hall–Kier alpha value is -1.08. The van der Waals surface area contributed by atoms with E-state index in [0.717, 1.165) is 0 Å². The van der Waals surface area contributed by atoms with Crippen molar-refractivity contribution >= 4 is 29.4 Å². The fourth-order valence-electron chi connectivity index (χ4n) is 1.29. The summed E-state index contributed by atoms with van der Waals surface area (Å²) >= 11 is 1.41. The summed E-state index contributed by atoms with van der Waals surface area (Å²) in [6, 6.07) is -0.305. The molecule has 2 amide bonds. The van der Waals surface area contributed by atoms with Crippen molar-refractivity contribution < 1.29 is 14.4 Å². The van der Waals surface area contributed by atoms with Gasteiger partial charge in [-0.3, -0.25) is 14.4 Å². The number of nitrogens with one attached hydrogen (secondary N) is 2. The summed E-state index contributed by atoms with van der Waals surface area (Å²) in [5.41, 5.74) is 4.98. The van der Waals surface area contributed by atoms with E-state index in [2.05, 4.69) is 10.6 Å². The number of nitrogens with two attached hydrogens (primary N) is 1. The van der Waals surface area contributed by atoms with Crippen molar-refractivity contribution in [1.82, 2.24) is 10.6 Å². The second-order valence-electron chi connectivity index (χ2n) is 4.47. The zero-order valence-electron chi connectivity index (χ0n) is 11.7. The van der Waals surface area contributed by atoms with Crippen LogP contribution in [0.25, 0.3) is 0 Å². The van der Waals surface area contributed by atoms with Crippen molar-refractivity contribution in [3.63, 3.8) is 0 Å². The molecule has 0 aliphatic rings. The highest BCUT2D eigenvalue weighted by Crippen LogP contribution is 2.05.